The molecule has 19 heavy (non-hydrogen) atoms. The van der Waals surface area contributed by atoms with Gasteiger partial charge in [0.1, 0.15) is 12.1 Å². The van der Waals surface area contributed by atoms with Crippen molar-refractivity contribution >= 4 is 33.6 Å². The standard InChI is InChI=1S/C11H18N2O4S2/c1-7(2)5-8-11(15)13-9(10(14)12-8)6-18-3-4-19(13,16)17/h7-9H,3-6H2,1-2H3,(H,12,14)/t8-,9-/m0/s1. The van der Waals surface area contributed by atoms with Gasteiger partial charge in [-0.15, -0.1) is 0 Å². The molecule has 2 atom stereocenters. The van der Waals surface area contributed by atoms with Crippen molar-refractivity contribution in [2.45, 2.75) is 32.4 Å². The smallest absolute Gasteiger partial charge is 0.259 e. The maximum atomic E-state index is 12.3. The van der Waals surface area contributed by atoms with E-state index in [1.54, 1.807) is 0 Å². The molecule has 2 aliphatic rings. The molecule has 6 nitrogen and oxygen atoms in total. The highest BCUT2D eigenvalue weighted by Gasteiger charge is 2.47. The first-order valence-corrected chi connectivity index (χ1v) is 9.03. The third-order valence-electron chi connectivity index (χ3n) is 3.19. The van der Waals surface area contributed by atoms with E-state index in [1.165, 1.54) is 11.8 Å². The highest BCUT2D eigenvalue weighted by atomic mass is 32.2. The number of fused-ring (bicyclic) bond motifs is 1. The van der Waals surface area contributed by atoms with Crippen LogP contribution in [0.4, 0.5) is 0 Å². The van der Waals surface area contributed by atoms with Crippen molar-refractivity contribution in [3.05, 3.63) is 0 Å². The minimum Gasteiger partial charge on any atom is -0.342 e. The van der Waals surface area contributed by atoms with Gasteiger partial charge in [-0.25, -0.2) is 12.7 Å². The zero-order valence-corrected chi connectivity index (χ0v) is 12.6. The van der Waals surface area contributed by atoms with E-state index < -0.39 is 28.0 Å². The molecule has 0 bridgehead atoms. The zero-order chi connectivity index (χ0) is 14.2. The second-order valence-corrected chi connectivity index (χ2v) is 8.35. The summed E-state index contributed by atoms with van der Waals surface area (Å²) in [6, 6.07) is -1.60. The number of sulfonamides is 1. The average molecular weight is 306 g/mol. The van der Waals surface area contributed by atoms with Crippen LogP contribution in [-0.4, -0.2) is 53.9 Å². The van der Waals surface area contributed by atoms with Crippen molar-refractivity contribution in [1.82, 2.24) is 9.62 Å². The molecule has 2 saturated heterocycles. The lowest BCUT2D eigenvalue weighted by Gasteiger charge is -2.37. The molecule has 8 heteroatoms. The van der Waals surface area contributed by atoms with E-state index >= 15 is 0 Å². The van der Waals surface area contributed by atoms with E-state index in [1.807, 2.05) is 13.8 Å². The number of rotatable bonds is 2. The lowest BCUT2D eigenvalue weighted by molar-refractivity contribution is -0.143. The van der Waals surface area contributed by atoms with Crippen molar-refractivity contribution in [3.8, 4) is 0 Å². The fourth-order valence-corrected chi connectivity index (χ4v) is 5.56. The first kappa shape index (κ1) is 14.6. The Kier molecular flexibility index (Phi) is 4.10. The Balaban J connectivity index is 2.34. The lowest BCUT2D eigenvalue weighted by atomic mass is 10.0. The van der Waals surface area contributed by atoms with Crippen LogP contribution in [0.5, 0.6) is 0 Å². The quantitative estimate of drug-likeness (QED) is 0.764. The van der Waals surface area contributed by atoms with Crippen LogP contribution in [-0.2, 0) is 19.6 Å². The van der Waals surface area contributed by atoms with E-state index in [-0.39, 0.29) is 17.6 Å². The van der Waals surface area contributed by atoms with Crippen molar-refractivity contribution in [3.63, 3.8) is 0 Å². The van der Waals surface area contributed by atoms with Gasteiger partial charge in [0, 0.05) is 11.5 Å². The lowest BCUT2D eigenvalue weighted by Crippen LogP contribution is -2.65. The summed E-state index contributed by atoms with van der Waals surface area (Å²) < 4.78 is 25.1. The molecule has 0 radical (unpaired) electrons. The van der Waals surface area contributed by atoms with Crippen LogP contribution in [0.1, 0.15) is 20.3 Å². The molecule has 0 aromatic carbocycles. The van der Waals surface area contributed by atoms with Gasteiger partial charge < -0.3 is 5.32 Å². The van der Waals surface area contributed by atoms with Gasteiger partial charge >= 0.3 is 0 Å². The Labute approximate surface area is 117 Å². The number of hydrogen-bond donors (Lipinski definition) is 1. The van der Waals surface area contributed by atoms with Crippen molar-refractivity contribution < 1.29 is 18.0 Å². The minimum atomic E-state index is -3.67. The van der Waals surface area contributed by atoms with Crippen molar-refractivity contribution in [2.24, 2.45) is 5.92 Å². The molecule has 2 amide bonds. The molecule has 0 saturated carbocycles. The van der Waals surface area contributed by atoms with Gasteiger partial charge in [-0.1, -0.05) is 13.8 Å². The van der Waals surface area contributed by atoms with Gasteiger partial charge in [-0.2, -0.15) is 11.8 Å². The molecule has 0 aliphatic carbocycles. The third kappa shape index (κ3) is 2.89. The number of amides is 2. The second kappa shape index (κ2) is 5.32. The summed E-state index contributed by atoms with van der Waals surface area (Å²) in [6.45, 7) is 3.86. The maximum Gasteiger partial charge on any atom is 0.259 e. The summed E-state index contributed by atoms with van der Waals surface area (Å²) in [5, 5.41) is 2.65. The summed E-state index contributed by atoms with van der Waals surface area (Å²) in [5.74, 6) is 0.0382. The average Bonchev–Trinajstić information content (AvgIpc) is 2.44. The predicted octanol–water partition coefficient (Wildman–Crippen LogP) is -0.195. The molecule has 0 spiro atoms. The number of hydrogen-bond acceptors (Lipinski definition) is 5. The number of nitrogens with one attached hydrogen (secondary N) is 1. The highest BCUT2D eigenvalue weighted by molar-refractivity contribution is 8.01. The Morgan fingerprint density at radius 1 is 1.42 bits per heavy atom. The number of thioether (sulfide) groups is 1. The molecule has 0 aromatic heterocycles. The minimum absolute atomic E-state index is 0.0818. The van der Waals surface area contributed by atoms with Crippen LogP contribution in [0, 0.1) is 5.92 Å². The molecule has 0 unspecified atom stereocenters. The monoisotopic (exact) mass is 306 g/mol. The Morgan fingerprint density at radius 2 is 2.11 bits per heavy atom. The van der Waals surface area contributed by atoms with Crippen LogP contribution < -0.4 is 5.32 Å². The largest absolute Gasteiger partial charge is 0.342 e. The number of carbonyl (C=O) groups excluding carboxylic acids is 2. The maximum absolute atomic E-state index is 12.3. The van der Waals surface area contributed by atoms with Crippen LogP contribution >= 0.6 is 11.8 Å². The van der Waals surface area contributed by atoms with E-state index in [0.29, 0.717) is 17.9 Å². The fraction of sp³-hybridized carbons (Fsp3) is 0.818. The Morgan fingerprint density at radius 3 is 2.74 bits per heavy atom. The van der Waals surface area contributed by atoms with E-state index in [9.17, 15) is 18.0 Å². The summed E-state index contributed by atoms with van der Waals surface area (Å²) in [5.41, 5.74) is 0. The Bertz CT molecular complexity index is 489. The molecule has 0 aromatic rings. The number of piperazine rings is 1. The molecular formula is C11H18N2O4S2. The molecule has 108 valence electrons. The predicted molar refractivity (Wildman–Crippen MR) is 73.1 cm³/mol. The number of carbonyl (C=O) groups is 2. The summed E-state index contributed by atoms with van der Waals surface area (Å²) in [4.78, 5) is 24.4. The third-order valence-corrected chi connectivity index (χ3v) is 6.24. The van der Waals surface area contributed by atoms with Gasteiger partial charge in [0.15, 0.2) is 0 Å². The summed E-state index contributed by atoms with van der Waals surface area (Å²) in [6.07, 6.45) is 0.455. The van der Waals surface area contributed by atoms with Crippen LogP contribution in [0.3, 0.4) is 0 Å². The summed E-state index contributed by atoms with van der Waals surface area (Å²) >= 11 is 1.39. The van der Waals surface area contributed by atoms with Gasteiger partial charge in [-0.3, -0.25) is 9.59 Å². The van der Waals surface area contributed by atoms with Crippen LogP contribution in [0.2, 0.25) is 0 Å². The van der Waals surface area contributed by atoms with Crippen LogP contribution in [0.15, 0.2) is 0 Å². The first-order valence-electron chi connectivity index (χ1n) is 6.27. The topological polar surface area (TPSA) is 83.6 Å². The highest BCUT2D eigenvalue weighted by Crippen LogP contribution is 2.25. The molecule has 1 N–H and O–H groups in total. The van der Waals surface area contributed by atoms with Gasteiger partial charge in [-0.05, 0) is 12.3 Å². The fourth-order valence-electron chi connectivity index (χ4n) is 2.31. The van der Waals surface area contributed by atoms with Crippen molar-refractivity contribution in [1.29, 1.82) is 0 Å². The Hall–Kier alpha value is -0.760. The molecule has 2 aliphatic heterocycles. The molecule has 2 rings (SSSR count). The van der Waals surface area contributed by atoms with E-state index in [0.717, 1.165) is 4.31 Å². The first-order chi connectivity index (χ1) is 8.83. The molecule has 2 heterocycles. The molecule has 2 fully saturated rings. The van der Waals surface area contributed by atoms with E-state index in [2.05, 4.69) is 5.32 Å². The number of nitrogens with zero attached hydrogens (tertiary/aromatic N) is 1. The van der Waals surface area contributed by atoms with E-state index in [4.69, 9.17) is 0 Å². The second-order valence-electron chi connectivity index (χ2n) is 5.23. The summed E-state index contributed by atoms with van der Waals surface area (Å²) in [7, 11) is -3.67. The van der Waals surface area contributed by atoms with Gasteiger partial charge in [0.25, 0.3) is 5.91 Å². The molecular weight excluding hydrogens is 288 g/mol. The van der Waals surface area contributed by atoms with Gasteiger partial charge in [0.05, 0.1) is 5.75 Å². The SMILES string of the molecule is CC(C)C[C@@H]1NC(=O)[C@@H]2CSCCS(=O)(=O)N2C1=O. The normalized spacial score (nSPS) is 30.8. The van der Waals surface area contributed by atoms with Crippen LogP contribution in [0.25, 0.3) is 0 Å². The van der Waals surface area contributed by atoms with Gasteiger partial charge in [0.2, 0.25) is 15.9 Å². The van der Waals surface area contributed by atoms with Crippen molar-refractivity contribution in [2.75, 3.05) is 17.3 Å². The zero-order valence-electron chi connectivity index (χ0n) is 11.0.